The zero-order valence-electron chi connectivity index (χ0n) is 14.9. The van der Waals surface area contributed by atoms with Gasteiger partial charge in [-0.3, -0.25) is 4.99 Å². The molecule has 0 heterocycles. The van der Waals surface area contributed by atoms with Gasteiger partial charge in [-0.2, -0.15) is 0 Å². The van der Waals surface area contributed by atoms with Crippen molar-refractivity contribution in [2.75, 3.05) is 26.2 Å². The van der Waals surface area contributed by atoms with E-state index in [1.807, 2.05) is 26.0 Å². The van der Waals surface area contributed by atoms with E-state index in [0.717, 1.165) is 16.9 Å². The molecule has 0 amide bonds. The Morgan fingerprint density at radius 3 is 2.54 bits per heavy atom. The lowest BCUT2D eigenvalue weighted by Gasteiger charge is -2.18. The first-order valence-corrected chi connectivity index (χ1v) is 9.59. The summed E-state index contributed by atoms with van der Waals surface area (Å²) in [5.74, 6) is 1.63. The molecule has 1 atom stereocenters. The van der Waals surface area contributed by atoms with Gasteiger partial charge >= 0.3 is 0 Å². The molecule has 0 spiro atoms. The van der Waals surface area contributed by atoms with Crippen molar-refractivity contribution in [3.8, 4) is 5.75 Å². The standard InChI is InChI=1S/C16H27N3O3S.HI/c1-12-8-14(10-15(9-12)22-4)11-18-16(17-3)19-13(2)6-7-23(5,20)21;/h8-10,13H,6-7,11H2,1-5H3,(H2,17,18,19);1H. The van der Waals surface area contributed by atoms with E-state index in [1.165, 1.54) is 6.26 Å². The highest BCUT2D eigenvalue weighted by Gasteiger charge is 2.09. The summed E-state index contributed by atoms with van der Waals surface area (Å²) < 4.78 is 27.7. The maximum Gasteiger partial charge on any atom is 0.191 e. The van der Waals surface area contributed by atoms with E-state index >= 15 is 0 Å². The van der Waals surface area contributed by atoms with Gasteiger partial charge in [-0.15, -0.1) is 24.0 Å². The molecule has 138 valence electrons. The lowest BCUT2D eigenvalue weighted by atomic mass is 10.1. The number of sulfone groups is 1. The minimum Gasteiger partial charge on any atom is -0.497 e. The molecule has 0 aliphatic carbocycles. The zero-order valence-corrected chi connectivity index (χ0v) is 18.1. The van der Waals surface area contributed by atoms with Crippen molar-refractivity contribution < 1.29 is 13.2 Å². The maximum absolute atomic E-state index is 11.2. The summed E-state index contributed by atoms with van der Waals surface area (Å²) in [5, 5.41) is 6.42. The average Bonchev–Trinajstić information content (AvgIpc) is 2.48. The summed E-state index contributed by atoms with van der Waals surface area (Å²) in [5.41, 5.74) is 2.22. The van der Waals surface area contributed by atoms with Gasteiger partial charge in [0.25, 0.3) is 0 Å². The van der Waals surface area contributed by atoms with Crippen LogP contribution in [0.4, 0.5) is 0 Å². The highest BCUT2D eigenvalue weighted by Crippen LogP contribution is 2.16. The molecule has 2 N–H and O–H groups in total. The van der Waals surface area contributed by atoms with Crippen molar-refractivity contribution >= 4 is 39.8 Å². The number of hydrogen-bond acceptors (Lipinski definition) is 4. The van der Waals surface area contributed by atoms with Gasteiger partial charge in [0.05, 0.1) is 12.9 Å². The largest absolute Gasteiger partial charge is 0.497 e. The number of nitrogens with zero attached hydrogens (tertiary/aromatic N) is 1. The van der Waals surface area contributed by atoms with Crippen LogP contribution < -0.4 is 15.4 Å². The van der Waals surface area contributed by atoms with Crippen molar-refractivity contribution in [3.63, 3.8) is 0 Å². The van der Waals surface area contributed by atoms with Crippen LogP contribution in [0.25, 0.3) is 0 Å². The van der Waals surface area contributed by atoms with Crippen LogP contribution in [0.2, 0.25) is 0 Å². The number of halogens is 1. The second kappa shape index (κ2) is 10.8. The monoisotopic (exact) mass is 469 g/mol. The predicted molar refractivity (Wildman–Crippen MR) is 110 cm³/mol. The first-order chi connectivity index (χ1) is 10.7. The summed E-state index contributed by atoms with van der Waals surface area (Å²) >= 11 is 0. The quantitative estimate of drug-likeness (QED) is 0.363. The highest BCUT2D eigenvalue weighted by atomic mass is 127. The Hall–Kier alpha value is -1.03. The molecule has 0 saturated heterocycles. The van der Waals surface area contributed by atoms with Crippen LogP contribution >= 0.6 is 24.0 Å². The summed E-state index contributed by atoms with van der Waals surface area (Å²) in [7, 11) is 0.395. The van der Waals surface area contributed by atoms with E-state index in [2.05, 4.69) is 21.7 Å². The first-order valence-electron chi connectivity index (χ1n) is 7.53. The fourth-order valence-electron chi connectivity index (χ4n) is 2.12. The number of methoxy groups -OCH3 is 1. The maximum atomic E-state index is 11.2. The van der Waals surface area contributed by atoms with Crippen LogP contribution in [-0.2, 0) is 16.4 Å². The van der Waals surface area contributed by atoms with E-state index < -0.39 is 9.84 Å². The molecule has 0 radical (unpaired) electrons. The van der Waals surface area contributed by atoms with Gasteiger partial charge in [0.1, 0.15) is 15.6 Å². The minimum absolute atomic E-state index is 0. The molecule has 1 unspecified atom stereocenters. The zero-order chi connectivity index (χ0) is 17.5. The van der Waals surface area contributed by atoms with Crippen LogP contribution in [0, 0.1) is 6.92 Å². The van der Waals surface area contributed by atoms with E-state index in [-0.39, 0.29) is 35.8 Å². The molecule has 24 heavy (non-hydrogen) atoms. The van der Waals surface area contributed by atoms with Crippen LogP contribution in [0.1, 0.15) is 24.5 Å². The molecular formula is C16H28IN3O3S. The van der Waals surface area contributed by atoms with Gasteiger partial charge in [0.15, 0.2) is 5.96 Å². The molecule has 1 aromatic rings. The number of nitrogens with one attached hydrogen (secondary N) is 2. The number of guanidine groups is 1. The molecule has 0 saturated carbocycles. The SMILES string of the molecule is CN=C(NCc1cc(C)cc(OC)c1)NC(C)CCS(C)(=O)=O.I. The van der Waals surface area contributed by atoms with Crippen molar-refractivity contribution in [2.45, 2.75) is 32.9 Å². The fourth-order valence-corrected chi connectivity index (χ4v) is 2.90. The number of ether oxygens (including phenoxy) is 1. The van der Waals surface area contributed by atoms with E-state index in [9.17, 15) is 8.42 Å². The molecule has 0 aliphatic heterocycles. The Morgan fingerprint density at radius 2 is 2.00 bits per heavy atom. The molecule has 0 bridgehead atoms. The molecule has 0 aromatic heterocycles. The molecule has 0 aliphatic rings. The van der Waals surface area contributed by atoms with Crippen molar-refractivity contribution in [3.05, 3.63) is 29.3 Å². The Bertz CT molecular complexity index is 648. The summed E-state index contributed by atoms with van der Waals surface area (Å²) in [6.07, 6.45) is 1.79. The molecule has 6 nitrogen and oxygen atoms in total. The van der Waals surface area contributed by atoms with Crippen molar-refractivity contribution in [2.24, 2.45) is 4.99 Å². The molecule has 0 fully saturated rings. The van der Waals surface area contributed by atoms with Crippen LogP contribution in [0.5, 0.6) is 5.75 Å². The molecule has 8 heteroatoms. The van der Waals surface area contributed by atoms with E-state index in [0.29, 0.717) is 18.9 Å². The van der Waals surface area contributed by atoms with Gasteiger partial charge in [0, 0.05) is 25.9 Å². The van der Waals surface area contributed by atoms with E-state index in [4.69, 9.17) is 4.74 Å². The summed E-state index contributed by atoms with van der Waals surface area (Å²) in [4.78, 5) is 4.17. The average molecular weight is 469 g/mol. The van der Waals surface area contributed by atoms with Gasteiger partial charge in [-0.25, -0.2) is 8.42 Å². The Labute approximate surface area is 162 Å². The third kappa shape index (κ3) is 9.31. The predicted octanol–water partition coefficient (Wildman–Crippen LogP) is 2.11. The second-order valence-corrected chi connectivity index (χ2v) is 8.01. The molecule has 1 aromatic carbocycles. The van der Waals surface area contributed by atoms with Gasteiger partial charge in [0.2, 0.25) is 0 Å². The lowest BCUT2D eigenvalue weighted by Crippen LogP contribution is -2.42. The Kier molecular flexibility index (Phi) is 10.3. The number of aliphatic imine (C=N–C) groups is 1. The van der Waals surface area contributed by atoms with Crippen LogP contribution in [-0.4, -0.2) is 46.6 Å². The minimum atomic E-state index is -2.94. The van der Waals surface area contributed by atoms with Crippen molar-refractivity contribution in [1.29, 1.82) is 0 Å². The Balaban J connectivity index is 0.00000529. The summed E-state index contributed by atoms with van der Waals surface area (Å²) in [6, 6.07) is 6.04. The third-order valence-electron chi connectivity index (χ3n) is 3.33. The number of aryl methyl sites for hydroxylation is 1. The smallest absolute Gasteiger partial charge is 0.191 e. The van der Waals surface area contributed by atoms with Crippen molar-refractivity contribution in [1.82, 2.24) is 10.6 Å². The number of hydrogen-bond donors (Lipinski definition) is 2. The normalized spacial score (nSPS) is 13.0. The topological polar surface area (TPSA) is 79.8 Å². The van der Waals surface area contributed by atoms with Gasteiger partial charge in [-0.05, 0) is 43.5 Å². The van der Waals surface area contributed by atoms with E-state index in [1.54, 1.807) is 14.2 Å². The first kappa shape index (κ1) is 23.0. The van der Waals surface area contributed by atoms with Crippen LogP contribution in [0.3, 0.4) is 0 Å². The molecular weight excluding hydrogens is 441 g/mol. The van der Waals surface area contributed by atoms with Gasteiger partial charge in [-0.1, -0.05) is 6.07 Å². The van der Waals surface area contributed by atoms with Gasteiger partial charge < -0.3 is 15.4 Å². The second-order valence-electron chi connectivity index (χ2n) is 5.75. The lowest BCUT2D eigenvalue weighted by molar-refractivity contribution is 0.414. The number of benzene rings is 1. The fraction of sp³-hybridized carbons (Fsp3) is 0.562. The summed E-state index contributed by atoms with van der Waals surface area (Å²) in [6.45, 7) is 4.57. The van der Waals surface area contributed by atoms with Crippen LogP contribution in [0.15, 0.2) is 23.2 Å². The third-order valence-corrected chi connectivity index (χ3v) is 4.31. The highest BCUT2D eigenvalue weighted by molar-refractivity contribution is 14.0. The molecule has 1 rings (SSSR count). The number of rotatable bonds is 7. The Morgan fingerprint density at radius 1 is 1.33 bits per heavy atom.